The first-order chi connectivity index (χ1) is 15.5. The van der Waals surface area contributed by atoms with E-state index in [1.165, 1.54) is 16.2 Å². The van der Waals surface area contributed by atoms with Crippen molar-refractivity contribution >= 4 is 44.1 Å². The van der Waals surface area contributed by atoms with E-state index in [0.29, 0.717) is 35.0 Å². The van der Waals surface area contributed by atoms with Gasteiger partial charge in [0.05, 0.1) is 24.5 Å². The van der Waals surface area contributed by atoms with Crippen LogP contribution in [0.25, 0.3) is 15.8 Å². The number of pyridine rings is 1. The number of aliphatic hydroxyl groups excluding tert-OH is 1. The molecule has 0 radical (unpaired) electrons. The van der Waals surface area contributed by atoms with Gasteiger partial charge in [0.2, 0.25) is 5.88 Å². The van der Waals surface area contributed by atoms with Crippen LogP contribution in [0.4, 0.5) is 5.13 Å². The van der Waals surface area contributed by atoms with Crippen molar-refractivity contribution in [2.45, 2.75) is 6.42 Å². The molecule has 2 amide bonds. The van der Waals surface area contributed by atoms with E-state index >= 15 is 0 Å². The zero-order chi connectivity index (χ0) is 22.7. The SMILES string of the molecule is CN(CCO)C(=O)c1ccc(C(=O)Nc2nc3c(O)ncc(C4=CCOCC4)c3s2)cc1. The lowest BCUT2D eigenvalue weighted by atomic mass is 10.0. The number of hydrogen-bond acceptors (Lipinski definition) is 8. The fourth-order valence-electron chi connectivity index (χ4n) is 3.36. The van der Waals surface area contributed by atoms with E-state index in [-0.39, 0.29) is 30.8 Å². The Morgan fingerprint density at radius 2 is 2.00 bits per heavy atom. The third-order valence-electron chi connectivity index (χ3n) is 5.11. The van der Waals surface area contributed by atoms with Gasteiger partial charge in [0.1, 0.15) is 5.52 Å². The third-order valence-corrected chi connectivity index (χ3v) is 6.11. The number of ether oxygens (including phenoxy) is 1. The number of hydrogen-bond donors (Lipinski definition) is 3. The summed E-state index contributed by atoms with van der Waals surface area (Å²) in [6, 6.07) is 6.24. The molecular weight excluding hydrogens is 432 g/mol. The second-order valence-corrected chi connectivity index (χ2v) is 8.23. The highest BCUT2D eigenvalue weighted by atomic mass is 32.1. The second-order valence-electron chi connectivity index (χ2n) is 7.23. The van der Waals surface area contributed by atoms with Crippen LogP contribution in [0.2, 0.25) is 0 Å². The van der Waals surface area contributed by atoms with Crippen molar-refractivity contribution in [2.24, 2.45) is 0 Å². The van der Waals surface area contributed by atoms with Crippen LogP contribution in [-0.4, -0.2) is 70.3 Å². The van der Waals surface area contributed by atoms with Gasteiger partial charge in [-0.25, -0.2) is 9.97 Å². The molecule has 0 fully saturated rings. The molecule has 4 rings (SSSR count). The predicted octanol–water partition coefficient (Wildman–Crippen LogP) is 2.52. The summed E-state index contributed by atoms with van der Waals surface area (Å²) in [5.41, 5.74) is 3.06. The van der Waals surface area contributed by atoms with E-state index in [1.807, 2.05) is 6.08 Å². The Morgan fingerprint density at radius 1 is 1.25 bits per heavy atom. The van der Waals surface area contributed by atoms with Gasteiger partial charge in [0.25, 0.3) is 11.8 Å². The van der Waals surface area contributed by atoms with Crippen molar-refractivity contribution in [3.63, 3.8) is 0 Å². The molecule has 1 aromatic carbocycles. The van der Waals surface area contributed by atoms with Crippen molar-refractivity contribution in [3.05, 3.63) is 53.2 Å². The first-order valence-electron chi connectivity index (χ1n) is 10.0. The zero-order valence-electron chi connectivity index (χ0n) is 17.4. The minimum atomic E-state index is -0.383. The number of carbonyl (C=O) groups excluding carboxylic acids is 2. The quantitative estimate of drug-likeness (QED) is 0.523. The molecule has 0 atom stereocenters. The minimum absolute atomic E-state index is 0.122. The van der Waals surface area contributed by atoms with E-state index in [9.17, 15) is 14.7 Å². The van der Waals surface area contributed by atoms with Gasteiger partial charge < -0.3 is 19.8 Å². The van der Waals surface area contributed by atoms with Crippen molar-refractivity contribution < 1.29 is 24.5 Å². The number of thiazole rings is 1. The van der Waals surface area contributed by atoms with Crippen LogP contribution >= 0.6 is 11.3 Å². The van der Waals surface area contributed by atoms with Crippen molar-refractivity contribution in [3.8, 4) is 5.88 Å². The standard InChI is InChI=1S/C22H22N4O5S/c1-26(8-9-27)21(30)15-4-2-14(3-5-15)19(28)25-22-24-17-18(32-22)16(12-23-20(17)29)13-6-10-31-11-7-13/h2-6,12,27H,7-11H2,1H3,(H,23,29)(H,24,25,28). The number of aliphatic hydroxyl groups is 1. The maximum atomic E-state index is 12.7. The Balaban J connectivity index is 1.54. The predicted molar refractivity (Wildman–Crippen MR) is 121 cm³/mol. The lowest BCUT2D eigenvalue weighted by Gasteiger charge is -2.15. The van der Waals surface area contributed by atoms with Gasteiger partial charge in [-0.15, -0.1) is 0 Å². The number of benzene rings is 1. The number of carbonyl (C=O) groups is 2. The molecule has 166 valence electrons. The molecule has 2 aromatic heterocycles. The van der Waals surface area contributed by atoms with Crippen LogP contribution in [0.5, 0.6) is 5.88 Å². The molecule has 0 aliphatic carbocycles. The smallest absolute Gasteiger partial charge is 0.257 e. The zero-order valence-corrected chi connectivity index (χ0v) is 18.2. The number of rotatable bonds is 6. The summed E-state index contributed by atoms with van der Waals surface area (Å²) in [5.74, 6) is -0.816. The van der Waals surface area contributed by atoms with Crippen molar-refractivity contribution in [2.75, 3.05) is 38.7 Å². The first-order valence-corrected chi connectivity index (χ1v) is 10.8. The van der Waals surface area contributed by atoms with Crippen LogP contribution in [-0.2, 0) is 4.74 Å². The fourth-order valence-corrected chi connectivity index (χ4v) is 4.36. The van der Waals surface area contributed by atoms with Crippen LogP contribution < -0.4 is 5.32 Å². The molecule has 0 spiro atoms. The molecule has 10 heteroatoms. The molecule has 0 saturated heterocycles. The van der Waals surface area contributed by atoms with E-state index in [0.717, 1.165) is 22.3 Å². The Hall–Kier alpha value is -3.34. The average molecular weight is 455 g/mol. The van der Waals surface area contributed by atoms with E-state index < -0.39 is 0 Å². The summed E-state index contributed by atoms with van der Waals surface area (Å²) in [7, 11) is 1.60. The molecule has 3 aromatic rings. The van der Waals surface area contributed by atoms with Gasteiger partial charge in [0, 0.05) is 36.5 Å². The maximum absolute atomic E-state index is 12.7. The van der Waals surface area contributed by atoms with Crippen LogP contribution in [0, 0.1) is 0 Å². The summed E-state index contributed by atoms with van der Waals surface area (Å²) in [5, 5.41) is 22.2. The number of anilines is 1. The molecule has 9 nitrogen and oxygen atoms in total. The van der Waals surface area contributed by atoms with Crippen LogP contribution in [0.1, 0.15) is 32.7 Å². The number of amides is 2. The number of aromatic nitrogens is 2. The Kier molecular flexibility index (Phi) is 6.45. The Bertz CT molecular complexity index is 1190. The summed E-state index contributed by atoms with van der Waals surface area (Å²) in [6.07, 6.45) is 4.33. The Morgan fingerprint density at radius 3 is 2.69 bits per heavy atom. The molecular formula is C22H22N4O5S. The number of likely N-dealkylation sites (N-methyl/N-ethyl adjacent to an activating group) is 1. The minimum Gasteiger partial charge on any atom is -0.492 e. The summed E-state index contributed by atoms with van der Waals surface area (Å²) in [4.78, 5) is 34.8. The largest absolute Gasteiger partial charge is 0.492 e. The lowest BCUT2D eigenvalue weighted by molar-refractivity contribution is 0.0766. The van der Waals surface area contributed by atoms with Crippen molar-refractivity contribution in [1.82, 2.24) is 14.9 Å². The number of nitrogens with one attached hydrogen (secondary N) is 1. The number of nitrogens with zero attached hydrogens (tertiary/aromatic N) is 3. The van der Waals surface area contributed by atoms with E-state index in [1.54, 1.807) is 37.5 Å². The van der Waals surface area contributed by atoms with Gasteiger partial charge in [-0.3, -0.25) is 14.9 Å². The van der Waals surface area contributed by atoms with Gasteiger partial charge >= 0.3 is 0 Å². The highest BCUT2D eigenvalue weighted by Gasteiger charge is 2.19. The number of aromatic hydroxyl groups is 1. The van der Waals surface area contributed by atoms with Gasteiger partial charge in [0.15, 0.2) is 5.13 Å². The first kappa shape index (κ1) is 21.9. The molecule has 3 N–H and O–H groups in total. The van der Waals surface area contributed by atoms with Crippen LogP contribution in [0.3, 0.4) is 0 Å². The number of fused-ring (bicyclic) bond motifs is 1. The molecule has 0 unspecified atom stereocenters. The summed E-state index contributed by atoms with van der Waals surface area (Å²) < 4.78 is 6.11. The summed E-state index contributed by atoms with van der Waals surface area (Å²) in [6.45, 7) is 1.24. The molecule has 1 aliphatic rings. The third kappa shape index (κ3) is 4.47. The molecule has 0 saturated carbocycles. The second kappa shape index (κ2) is 9.43. The van der Waals surface area contributed by atoms with Gasteiger partial charge in [-0.1, -0.05) is 17.4 Å². The molecule has 0 bridgehead atoms. The van der Waals surface area contributed by atoms with Gasteiger partial charge in [-0.2, -0.15) is 0 Å². The van der Waals surface area contributed by atoms with E-state index in [4.69, 9.17) is 9.84 Å². The molecule has 1 aliphatic heterocycles. The average Bonchev–Trinajstić information content (AvgIpc) is 3.24. The topological polar surface area (TPSA) is 125 Å². The van der Waals surface area contributed by atoms with Gasteiger partial charge in [-0.05, 0) is 36.3 Å². The monoisotopic (exact) mass is 454 g/mol. The van der Waals surface area contributed by atoms with Crippen LogP contribution in [0.15, 0.2) is 36.5 Å². The normalized spacial score (nSPS) is 13.6. The highest BCUT2D eigenvalue weighted by Crippen LogP contribution is 2.37. The molecule has 3 heterocycles. The Labute approximate surface area is 188 Å². The van der Waals surface area contributed by atoms with Crippen molar-refractivity contribution in [1.29, 1.82) is 0 Å². The maximum Gasteiger partial charge on any atom is 0.257 e. The van der Waals surface area contributed by atoms with E-state index in [2.05, 4.69) is 15.3 Å². The summed E-state index contributed by atoms with van der Waals surface area (Å²) >= 11 is 1.26. The highest BCUT2D eigenvalue weighted by molar-refractivity contribution is 7.22. The molecule has 32 heavy (non-hydrogen) atoms. The fraction of sp³-hybridized carbons (Fsp3) is 0.273. The lowest BCUT2D eigenvalue weighted by Crippen LogP contribution is -2.29.